The molecule has 2 aromatic rings. The summed E-state index contributed by atoms with van der Waals surface area (Å²) in [6, 6.07) is 10.6. The smallest absolute Gasteiger partial charge is 0.232 e. The largest absolute Gasteiger partial charge is 0.476 e. The fraction of sp³-hybridized carbons (Fsp3) is 0.375. The van der Waals surface area contributed by atoms with E-state index in [0.717, 1.165) is 26.2 Å². The molecule has 0 N–H and O–H groups in total. The molecule has 2 heterocycles. The van der Waals surface area contributed by atoms with Crippen molar-refractivity contribution in [3.05, 3.63) is 54.5 Å². The second-order valence-corrected chi connectivity index (χ2v) is 5.23. The summed E-state index contributed by atoms with van der Waals surface area (Å²) in [6.45, 7) is 3.99. The van der Waals surface area contributed by atoms with Crippen molar-refractivity contribution in [1.29, 1.82) is 0 Å². The molecular weight excluding hydrogens is 250 g/mol. The van der Waals surface area contributed by atoms with E-state index in [2.05, 4.69) is 45.2 Å². The van der Waals surface area contributed by atoms with Crippen molar-refractivity contribution in [2.75, 3.05) is 19.7 Å². The van der Waals surface area contributed by atoms with Gasteiger partial charge < -0.3 is 4.74 Å². The van der Waals surface area contributed by atoms with Crippen LogP contribution in [0.3, 0.4) is 0 Å². The maximum absolute atomic E-state index is 5.69. The molecule has 0 bridgehead atoms. The number of aromatic nitrogens is 2. The topological polar surface area (TPSA) is 38.2 Å². The van der Waals surface area contributed by atoms with Gasteiger partial charge >= 0.3 is 0 Å². The van der Waals surface area contributed by atoms with Crippen LogP contribution in [0, 0.1) is 5.92 Å². The number of ether oxygens (including phenoxy) is 1. The molecular formula is C16H19N3O. The average Bonchev–Trinajstić information content (AvgIpc) is 2.95. The first kappa shape index (κ1) is 13.1. The zero-order valence-corrected chi connectivity index (χ0v) is 11.5. The Hall–Kier alpha value is -1.94. The summed E-state index contributed by atoms with van der Waals surface area (Å²) < 4.78 is 5.69. The Balaban J connectivity index is 1.45. The SMILES string of the molecule is c1ccc(CN2CCC(COc3cnccn3)C2)cc1. The highest BCUT2D eigenvalue weighted by Crippen LogP contribution is 2.19. The predicted octanol–water partition coefficient (Wildman–Crippen LogP) is 2.38. The quantitative estimate of drug-likeness (QED) is 0.835. The minimum atomic E-state index is 0.584. The Kier molecular flexibility index (Phi) is 4.23. The van der Waals surface area contributed by atoms with E-state index in [1.807, 2.05) is 0 Å². The molecule has 1 saturated heterocycles. The Labute approximate surface area is 119 Å². The van der Waals surface area contributed by atoms with E-state index in [1.54, 1.807) is 18.6 Å². The molecule has 1 unspecified atom stereocenters. The van der Waals surface area contributed by atoms with Crippen molar-refractivity contribution in [2.24, 2.45) is 5.92 Å². The second-order valence-electron chi connectivity index (χ2n) is 5.23. The van der Waals surface area contributed by atoms with Crippen LogP contribution in [-0.2, 0) is 6.54 Å². The van der Waals surface area contributed by atoms with Crippen molar-refractivity contribution < 1.29 is 4.74 Å². The number of benzene rings is 1. The molecule has 1 aliphatic rings. The van der Waals surface area contributed by atoms with Crippen molar-refractivity contribution in [3.63, 3.8) is 0 Å². The van der Waals surface area contributed by atoms with Crippen LogP contribution in [0.1, 0.15) is 12.0 Å². The number of hydrogen-bond acceptors (Lipinski definition) is 4. The number of nitrogens with zero attached hydrogens (tertiary/aromatic N) is 3. The van der Waals surface area contributed by atoms with Crippen LogP contribution in [0.4, 0.5) is 0 Å². The van der Waals surface area contributed by atoms with Crippen molar-refractivity contribution >= 4 is 0 Å². The molecule has 4 heteroatoms. The van der Waals surface area contributed by atoms with E-state index < -0.39 is 0 Å². The summed E-state index contributed by atoms with van der Waals surface area (Å²) in [5.74, 6) is 1.20. The third-order valence-electron chi connectivity index (χ3n) is 3.63. The number of rotatable bonds is 5. The van der Waals surface area contributed by atoms with Gasteiger partial charge in [0.1, 0.15) is 0 Å². The fourth-order valence-corrected chi connectivity index (χ4v) is 2.60. The van der Waals surface area contributed by atoms with E-state index in [4.69, 9.17) is 4.74 Å². The van der Waals surface area contributed by atoms with Gasteiger partial charge in [-0.25, -0.2) is 4.98 Å². The van der Waals surface area contributed by atoms with Gasteiger partial charge in [-0.3, -0.25) is 9.88 Å². The fourth-order valence-electron chi connectivity index (χ4n) is 2.60. The lowest BCUT2D eigenvalue weighted by Gasteiger charge is -2.16. The van der Waals surface area contributed by atoms with Crippen LogP contribution in [0.15, 0.2) is 48.9 Å². The van der Waals surface area contributed by atoms with Gasteiger partial charge in [0.15, 0.2) is 0 Å². The van der Waals surface area contributed by atoms with Crippen molar-refractivity contribution in [2.45, 2.75) is 13.0 Å². The molecule has 0 aliphatic carbocycles. The number of likely N-dealkylation sites (tertiary alicyclic amines) is 1. The third-order valence-corrected chi connectivity index (χ3v) is 3.63. The van der Waals surface area contributed by atoms with Crippen LogP contribution in [0.2, 0.25) is 0 Å². The van der Waals surface area contributed by atoms with E-state index in [-0.39, 0.29) is 0 Å². The van der Waals surface area contributed by atoms with Gasteiger partial charge in [-0.05, 0) is 18.5 Å². The van der Waals surface area contributed by atoms with Gasteiger partial charge in [-0.15, -0.1) is 0 Å². The summed E-state index contributed by atoms with van der Waals surface area (Å²) in [6.07, 6.45) is 6.17. The first-order valence-corrected chi connectivity index (χ1v) is 7.05. The Morgan fingerprint density at radius 1 is 1.20 bits per heavy atom. The molecule has 4 nitrogen and oxygen atoms in total. The lowest BCUT2D eigenvalue weighted by molar-refractivity contribution is 0.231. The second kappa shape index (κ2) is 6.48. The van der Waals surface area contributed by atoms with Gasteiger partial charge in [-0.1, -0.05) is 30.3 Å². The zero-order valence-electron chi connectivity index (χ0n) is 11.5. The summed E-state index contributed by atoms with van der Waals surface area (Å²) in [4.78, 5) is 10.6. The third kappa shape index (κ3) is 3.54. The molecule has 0 radical (unpaired) electrons. The highest BCUT2D eigenvalue weighted by Gasteiger charge is 2.23. The summed E-state index contributed by atoms with van der Waals surface area (Å²) >= 11 is 0. The summed E-state index contributed by atoms with van der Waals surface area (Å²) in [7, 11) is 0. The summed E-state index contributed by atoms with van der Waals surface area (Å²) in [5.41, 5.74) is 1.38. The molecule has 0 saturated carbocycles. The molecule has 104 valence electrons. The minimum Gasteiger partial charge on any atom is -0.476 e. The van der Waals surface area contributed by atoms with Crippen LogP contribution in [0.25, 0.3) is 0 Å². The average molecular weight is 269 g/mol. The van der Waals surface area contributed by atoms with E-state index in [1.165, 1.54) is 12.0 Å². The van der Waals surface area contributed by atoms with E-state index >= 15 is 0 Å². The van der Waals surface area contributed by atoms with Gasteiger partial charge in [0.05, 0.1) is 12.8 Å². The highest BCUT2D eigenvalue weighted by molar-refractivity contribution is 5.14. The minimum absolute atomic E-state index is 0.584. The Bertz CT molecular complexity index is 518. The molecule has 1 fully saturated rings. The number of hydrogen-bond donors (Lipinski definition) is 0. The van der Waals surface area contributed by atoms with Crippen molar-refractivity contribution in [1.82, 2.24) is 14.9 Å². The molecule has 3 rings (SSSR count). The van der Waals surface area contributed by atoms with E-state index in [9.17, 15) is 0 Å². The Morgan fingerprint density at radius 3 is 2.90 bits per heavy atom. The maximum Gasteiger partial charge on any atom is 0.232 e. The van der Waals surface area contributed by atoms with Gasteiger partial charge in [0, 0.05) is 31.4 Å². The molecule has 0 spiro atoms. The first-order chi connectivity index (χ1) is 9.90. The lowest BCUT2D eigenvalue weighted by Crippen LogP contribution is -2.22. The van der Waals surface area contributed by atoms with Gasteiger partial charge in [0.2, 0.25) is 5.88 Å². The lowest BCUT2D eigenvalue weighted by atomic mass is 10.1. The first-order valence-electron chi connectivity index (χ1n) is 7.05. The Morgan fingerprint density at radius 2 is 2.10 bits per heavy atom. The standard InChI is InChI=1S/C16H19N3O/c1-2-4-14(5-3-1)11-19-9-6-15(12-19)13-20-16-10-17-7-8-18-16/h1-5,7-8,10,15H,6,9,11-13H2. The van der Waals surface area contributed by atoms with Crippen LogP contribution >= 0.6 is 0 Å². The summed E-state index contributed by atoms with van der Waals surface area (Å²) in [5, 5.41) is 0. The van der Waals surface area contributed by atoms with Gasteiger partial charge in [-0.2, -0.15) is 0 Å². The molecule has 1 aromatic heterocycles. The maximum atomic E-state index is 5.69. The van der Waals surface area contributed by atoms with E-state index in [0.29, 0.717) is 11.8 Å². The molecule has 1 aromatic carbocycles. The molecule has 20 heavy (non-hydrogen) atoms. The highest BCUT2D eigenvalue weighted by atomic mass is 16.5. The predicted molar refractivity (Wildman–Crippen MR) is 77.4 cm³/mol. The van der Waals surface area contributed by atoms with Crippen LogP contribution in [-0.4, -0.2) is 34.6 Å². The monoisotopic (exact) mass is 269 g/mol. The zero-order chi connectivity index (χ0) is 13.6. The van der Waals surface area contributed by atoms with Crippen molar-refractivity contribution in [3.8, 4) is 5.88 Å². The molecule has 1 aliphatic heterocycles. The molecule has 0 amide bonds. The molecule has 1 atom stereocenters. The van der Waals surface area contributed by atoms with Crippen LogP contribution < -0.4 is 4.74 Å². The van der Waals surface area contributed by atoms with Gasteiger partial charge in [0.25, 0.3) is 0 Å². The van der Waals surface area contributed by atoms with Crippen LogP contribution in [0.5, 0.6) is 5.88 Å². The normalized spacial score (nSPS) is 19.1.